The van der Waals surface area contributed by atoms with Crippen LogP contribution in [0.5, 0.6) is 0 Å². The maximum Gasteiger partial charge on any atom is 0.272 e. The number of hydrogen-bond donors (Lipinski definition) is 1. The van der Waals surface area contributed by atoms with Gasteiger partial charge < -0.3 is 5.73 Å². The van der Waals surface area contributed by atoms with Crippen LogP contribution in [-0.2, 0) is 0 Å². The Morgan fingerprint density at radius 1 is 1.50 bits per heavy atom. The second kappa shape index (κ2) is 5.89. The average molecular weight is 277 g/mol. The minimum absolute atomic E-state index is 0.160. The first kappa shape index (κ1) is 14.9. The molecule has 0 radical (unpaired) electrons. The number of nitrogens with zero attached hydrogens (tertiary/aromatic N) is 2. The highest BCUT2D eigenvalue weighted by Gasteiger charge is 2.27. The van der Waals surface area contributed by atoms with E-state index < -0.39 is 0 Å². The summed E-state index contributed by atoms with van der Waals surface area (Å²) >= 11 is 0. The van der Waals surface area contributed by atoms with Crippen LogP contribution in [0.15, 0.2) is 18.2 Å². The minimum atomic E-state index is -0.310. The molecule has 1 fully saturated rings. The van der Waals surface area contributed by atoms with E-state index in [1.807, 2.05) is 12.1 Å². The maximum absolute atomic E-state index is 11.0. The number of nitro groups is 1. The lowest BCUT2D eigenvalue weighted by Crippen LogP contribution is -2.48. The van der Waals surface area contributed by atoms with Crippen molar-refractivity contribution in [1.82, 2.24) is 4.90 Å². The maximum atomic E-state index is 11.0. The molecule has 2 rings (SSSR count). The molecule has 5 heteroatoms. The van der Waals surface area contributed by atoms with Gasteiger partial charge in [-0.3, -0.25) is 15.0 Å². The van der Waals surface area contributed by atoms with Crippen LogP contribution in [0, 0.1) is 23.0 Å². The molecule has 3 unspecified atom stereocenters. The molecule has 1 aliphatic rings. The molecule has 0 aromatic heterocycles. The summed E-state index contributed by atoms with van der Waals surface area (Å²) in [6.45, 7) is 7.90. The van der Waals surface area contributed by atoms with Gasteiger partial charge in [0.1, 0.15) is 0 Å². The fourth-order valence-electron chi connectivity index (χ4n) is 2.77. The van der Waals surface area contributed by atoms with Crippen molar-refractivity contribution in [3.8, 4) is 0 Å². The lowest BCUT2D eigenvalue weighted by Gasteiger charge is -2.38. The third-order valence-electron chi connectivity index (χ3n) is 4.51. The van der Waals surface area contributed by atoms with Crippen molar-refractivity contribution in [2.75, 3.05) is 13.1 Å². The summed E-state index contributed by atoms with van der Waals surface area (Å²) in [6, 6.07) is 5.86. The quantitative estimate of drug-likeness (QED) is 0.681. The normalized spacial score (nSPS) is 25.4. The van der Waals surface area contributed by atoms with Gasteiger partial charge in [-0.15, -0.1) is 0 Å². The van der Waals surface area contributed by atoms with Gasteiger partial charge in [0.2, 0.25) is 0 Å². The van der Waals surface area contributed by atoms with Crippen molar-refractivity contribution in [2.45, 2.75) is 39.3 Å². The highest BCUT2D eigenvalue weighted by molar-refractivity contribution is 5.43. The summed E-state index contributed by atoms with van der Waals surface area (Å²) in [5.41, 5.74) is 8.03. The van der Waals surface area contributed by atoms with Crippen LogP contribution in [-0.4, -0.2) is 29.0 Å². The minimum Gasteiger partial charge on any atom is -0.326 e. The lowest BCUT2D eigenvalue weighted by atomic mass is 9.92. The van der Waals surface area contributed by atoms with E-state index in [0.717, 1.165) is 25.1 Å². The van der Waals surface area contributed by atoms with Crippen molar-refractivity contribution < 1.29 is 4.92 Å². The summed E-state index contributed by atoms with van der Waals surface area (Å²) in [5, 5.41) is 11.0. The van der Waals surface area contributed by atoms with Crippen LogP contribution in [0.3, 0.4) is 0 Å². The summed E-state index contributed by atoms with van der Waals surface area (Å²) in [5.74, 6) is 0.547. The fraction of sp³-hybridized carbons (Fsp3) is 0.600. The second-order valence-corrected chi connectivity index (χ2v) is 5.90. The van der Waals surface area contributed by atoms with E-state index in [9.17, 15) is 10.1 Å². The molecule has 0 aliphatic carbocycles. The Morgan fingerprint density at radius 2 is 2.20 bits per heavy atom. The SMILES string of the molecule is Cc1ccc(C(C)N2CCC(C)C(N)C2)cc1[N+](=O)[O-]. The Morgan fingerprint density at radius 3 is 2.80 bits per heavy atom. The molecule has 0 saturated carbocycles. The smallest absolute Gasteiger partial charge is 0.272 e. The zero-order chi connectivity index (χ0) is 14.9. The highest BCUT2D eigenvalue weighted by Crippen LogP contribution is 2.29. The number of rotatable bonds is 3. The van der Waals surface area contributed by atoms with Crippen molar-refractivity contribution in [3.05, 3.63) is 39.4 Å². The zero-order valence-electron chi connectivity index (χ0n) is 12.4. The number of piperidine rings is 1. The molecule has 1 aromatic carbocycles. The van der Waals surface area contributed by atoms with Crippen LogP contribution in [0.25, 0.3) is 0 Å². The largest absolute Gasteiger partial charge is 0.326 e. The molecule has 1 saturated heterocycles. The summed E-state index contributed by atoms with van der Waals surface area (Å²) in [7, 11) is 0. The van der Waals surface area contributed by atoms with E-state index in [0.29, 0.717) is 11.5 Å². The van der Waals surface area contributed by atoms with E-state index in [2.05, 4.69) is 18.7 Å². The highest BCUT2D eigenvalue weighted by atomic mass is 16.6. The third-order valence-corrected chi connectivity index (χ3v) is 4.51. The number of nitrogens with two attached hydrogens (primary N) is 1. The van der Waals surface area contributed by atoms with E-state index in [1.54, 1.807) is 13.0 Å². The predicted molar refractivity (Wildman–Crippen MR) is 79.6 cm³/mol. The van der Waals surface area contributed by atoms with E-state index in [4.69, 9.17) is 5.73 Å². The van der Waals surface area contributed by atoms with Gasteiger partial charge in [0.05, 0.1) is 4.92 Å². The first-order valence-electron chi connectivity index (χ1n) is 7.14. The predicted octanol–water partition coefficient (Wildman–Crippen LogP) is 2.63. The molecular weight excluding hydrogens is 254 g/mol. The first-order chi connectivity index (χ1) is 9.40. The van der Waals surface area contributed by atoms with Crippen LogP contribution < -0.4 is 5.73 Å². The van der Waals surface area contributed by atoms with Crippen molar-refractivity contribution in [3.63, 3.8) is 0 Å². The molecule has 0 amide bonds. The van der Waals surface area contributed by atoms with E-state index >= 15 is 0 Å². The van der Waals surface area contributed by atoms with Crippen LogP contribution in [0.2, 0.25) is 0 Å². The van der Waals surface area contributed by atoms with E-state index in [-0.39, 0.29) is 22.7 Å². The van der Waals surface area contributed by atoms with Gasteiger partial charge >= 0.3 is 0 Å². The van der Waals surface area contributed by atoms with Crippen LogP contribution in [0.1, 0.15) is 37.4 Å². The number of likely N-dealkylation sites (tertiary alicyclic amines) is 1. The monoisotopic (exact) mass is 277 g/mol. The topological polar surface area (TPSA) is 72.4 Å². The average Bonchev–Trinajstić information content (AvgIpc) is 2.41. The van der Waals surface area contributed by atoms with Gasteiger partial charge in [-0.2, -0.15) is 0 Å². The van der Waals surface area contributed by atoms with Crippen LogP contribution in [0.4, 0.5) is 5.69 Å². The van der Waals surface area contributed by atoms with Gasteiger partial charge in [0.15, 0.2) is 0 Å². The zero-order valence-corrected chi connectivity index (χ0v) is 12.4. The molecule has 1 aliphatic heterocycles. The lowest BCUT2D eigenvalue weighted by molar-refractivity contribution is -0.385. The summed E-state index contributed by atoms with van der Waals surface area (Å²) in [4.78, 5) is 13.0. The Hall–Kier alpha value is -1.46. The second-order valence-electron chi connectivity index (χ2n) is 5.90. The molecule has 1 aromatic rings. The summed E-state index contributed by atoms with van der Waals surface area (Å²) < 4.78 is 0. The standard InChI is InChI=1S/C15H23N3O2/c1-10-6-7-17(9-14(10)16)12(3)13-5-4-11(2)15(8-13)18(19)20/h4-5,8,10,12,14H,6-7,9,16H2,1-3H3. The number of aryl methyl sites for hydroxylation is 1. The molecule has 5 nitrogen and oxygen atoms in total. The van der Waals surface area contributed by atoms with Gasteiger partial charge in [-0.05, 0) is 38.3 Å². The Bertz CT molecular complexity index is 504. The molecule has 1 heterocycles. The fourth-order valence-corrected chi connectivity index (χ4v) is 2.77. The van der Waals surface area contributed by atoms with Gasteiger partial charge in [-0.25, -0.2) is 0 Å². The number of benzene rings is 1. The molecule has 2 N–H and O–H groups in total. The van der Waals surface area contributed by atoms with Gasteiger partial charge in [0, 0.05) is 30.3 Å². The molecule has 3 atom stereocenters. The van der Waals surface area contributed by atoms with Crippen molar-refractivity contribution >= 4 is 5.69 Å². The molecule has 0 spiro atoms. The Balaban J connectivity index is 2.19. The van der Waals surface area contributed by atoms with Crippen molar-refractivity contribution in [2.24, 2.45) is 11.7 Å². The number of nitro benzene ring substituents is 1. The Kier molecular flexibility index (Phi) is 4.40. The van der Waals surface area contributed by atoms with E-state index in [1.165, 1.54) is 0 Å². The Labute approximate surface area is 119 Å². The van der Waals surface area contributed by atoms with Crippen LogP contribution >= 0.6 is 0 Å². The summed E-state index contributed by atoms with van der Waals surface area (Å²) in [6.07, 6.45) is 1.08. The van der Waals surface area contributed by atoms with Gasteiger partial charge in [0.25, 0.3) is 5.69 Å². The first-order valence-corrected chi connectivity index (χ1v) is 7.14. The molecule has 0 bridgehead atoms. The number of hydrogen-bond acceptors (Lipinski definition) is 4. The molecule has 20 heavy (non-hydrogen) atoms. The third kappa shape index (κ3) is 2.99. The molecular formula is C15H23N3O2. The molecule has 110 valence electrons. The van der Waals surface area contributed by atoms with Crippen molar-refractivity contribution in [1.29, 1.82) is 0 Å². The van der Waals surface area contributed by atoms with Gasteiger partial charge in [-0.1, -0.05) is 19.1 Å².